The van der Waals surface area contributed by atoms with Crippen LogP contribution in [0.3, 0.4) is 0 Å². The molecule has 0 saturated carbocycles. The van der Waals surface area contributed by atoms with Gasteiger partial charge in [-0.25, -0.2) is 4.79 Å². The third kappa shape index (κ3) is 5.52. The Balaban J connectivity index is 0.000000321. The zero-order valence-corrected chi connectivity index (χ0v) is 14.9. The quantitative estimate of drug-likeness (QED) is 0.781. The van der Waals surface area contributed by atoms with Gasteiger partial charge in [0, 0.05) is 20.1 Å². The number of hydrogen-bond acceptors (Lipinski definition) is 6. The minimum atomic E-state index is -5.08. The van der Waals surface area contributed by atoms with Crippen molar-refractivity contribution in [3.63, 3.8) is 0 Å². The van der Waals surface area contributed by atoms with E-state index in [-0.39, 0.29) is 18.1 Å². The highest BCUT2D eigenvalue weighted by Crippen LogP contribution is 2.34. The van der Waals surface area contributed by atoms with E-state index in [0.717, 1.165) is 37.4 Å². The SMILES string of the molecule is CNC(=O)[C@H]1C[C@@H]2CCN(c3ccc(C)nn3)C[C@@H]2O1.O=C(O)C(F)(F)F. The first-order chi connectivity index (χ1) is 12.6. The maximum atomic E-state index is 11.7. The van der Waals surface area contributed by atoms with Gasteiger partial charge in [0.2, 0.25) is 5.91 Å². The molecule has 2 aliphatic heterocycles. The molecule has 3 rings (SSSR count). The smallest absolute Gasteiger partial charge is 0.475 e. The van der Waals surface area contributed by atoms with E-state index in [0.29, 0.717) is 5.92 Å². The molecule has 2 N–H and O–H groups in total. The van der Waals surface area contributed by atoms with Crippen molar-refractivity contribution in [2.45, 2.75) is 38.1 Å². The predicted octanol–water partition coefficient (Wildman–Crippen LogP) is 1.15. The summed E-state index contributed by atoms with van der Waals surface area (Å²) in [4.78, 5) is 22.8. The van der Waals surface area contributed by atoms with Crippen LogP contribution in [0.4, 0.5) is 19.0 Å². The number of nitrogens with one attached hydrogen (secondary N) is 1. The summed E-state index contributed by atoms with van der Waals surface area (Å²) in [6, 6.07) is 3.96. The number of carboxylic acids is 1. The predicted molar refractivity (Wildman–Crippen MR) is 88.1 cm³/mol. The standard InChI is InChI=1S/C14H20N4O2.C2HF3O2/c1-9-3-4-13(17-16-9)18-6-5-10-7-11(14(19)15-2)20-12(10)8-18;3-2(4,5)1(6)7/h3-4,10-12H,5-8H2,1-2H3,(H,15,19);(H,6,7)/t10-,11+,12-;/m0./s1. The fourth-order valence-corrected chi connectivity index (χ4v) is 3.03. The number of aryl methyl sites for hydroxylation is 1. The van der Waals surface area contributed by atoms with Crippen LogP contribution in [-0.2, 0) is 14.3 Å². The number of likely N-dealkylation sites (N-methyl/N-ethyl adjacent to an activating group) is 1. The molecule has 3 atom stereocenters. The number of carboxylic acid groups (broad SMARTS) is 1. The molecule has 1 aromatic heterocycles. The Morgan fingerprint density at radius 3 is 2.52 bits per heavy atom. The van der Waals surface area contributed by atoms with Crippen LogP contribution in [0, 0.1) is 12.8 Å². The van der Waals surface area contributed by atoms with E-state index in [1.54, 1.807) is 7.05 Å². The van der Waals surface area contributed by atoms with E-state index in [4.69, 9.17) is 14.6 Å². The first-order valence-electron chi connectivity index (χ1n) is 8.34. The second-order valence-corrected chi connectivity index (χ2v) is 6.34. The lowest BCUT2D eigenvalue weighted by molar-refractivity contribution is -0.192. The van der Waals surface area contributed by atoms with Gasteiger partial charge in [0.15, 0.2) is 5.82 Å². The largest absolute Gasteiger partial charge is 0.490 e. The number of hydrogen-bond donors (Lipinski definition) is 2. The second kappa shape index (κ2) is 8.51. The van der Waals surface area contributed by atoms with Crippen molar-refractivity contribution >= 4 is 17.7 Å². The summed E-state index contributed by atoms with van der Waals surface area (Å²) in [6.45, 7) is 3.66. The number of piperidine rings is 1. The van der Waals surface area contributed by atoms with Gasteiger partial charge in [-0.2, -0.15) is 18.3 Å². The third-order valence-electron chi connectivity index (χ3n) is 4.44. The molecule has 27 heavy (non-hydrogen) atoms. The number of nitrogens with zero attached hydrogens (tertiary/aromatic N) is 3. The summed E-state index contributed by atoms with van der Waals surface area (Å²) in [7, 11) is 1.65. The zero-order valence-electron chi connectivity index (χ0n) is 14.9. The van der Waals surface area contributed by atoms with Gasteiger partial charge in [0.1, 0.15) is 6.10 Å². The van der Waals surface area contributed by atoms with Crippen molar-refractivity contribution < 1.29 is 32.6 Å². The monoisotopic (exact) mass is 390 g/mol. The summed E-state index contributed by atoms with van der Waals surface area (Å²) in [5.41, 5.74) is 0.917. The molecule has 1 aromatic rings. The number of carbonyl (C=O) groups excluding carboxylic acids is 1. The summed E-state index contributed by atoms with van der Waals surface area (Å²) in [6.07, 6.45) is -3.39. The Bertz CT molecular complexity index is 669. The van der Waals surface area contributed by atoms with E-state index in [1.165, 1.54) is 0 Å². The molecule has 0 unspecified atom stereocenters. The van der Waals surface area contributed by atoms with Crippen LogP contribution < -0.4 is 10.2 Å². The Hall–Kier alpha value is -2.43. The molecular formula is C16H21F3N4O4. The molecule has 2 fully saturated rings. The molecule has 150 valence electrons. The van der Waals surface area contributed by atoms with Crippen LogP contribution >= 0.6 is 0 Å². The third-order valence-corrected chi connectivity index (χ3v) is 4.44. The Morgan fingerprint density at radius 2 is 2.00 bits per heavy atom. The Kier molecular flexibility index (Phi) is 6.58. The van der Waals surface area contributed by atoms with E-state index < -0.39 is 12.1 Å². The van der Waals surface area contributed by atoms with Crippen molar-refractivity contribution in [2.24, 2.45) is 5.92 Å². The average Bonchev–Trinajstić information content (AvgIpc) is 3.04. The van der Waals surface area contributed by atoms with Crippen molar-refractivity contribution in [3.8, 4) is 0 Å². The van der Waals surface area contributed by atoms with Crippen molar-refractivity contribution in [1.29, 1.82) is 0 Å². The van der Waals surface area contributed by atoms with E-state index in [1.807, 2.05) is 19.1 Å². The van der Waals surface area contributed by atoms with Gasteiger partial charge < -0.3 is 20.1 Å². The number of carbonyl (C=O) groups is 2. The van der Waals surface area contributed by atoms with Gasteiger partial charge in [0.25, 0.3) is 0 Å². The fraction of sp³-hybridized carbons (Fsp3) is 0.625. The molecule has 1 amide bonds. The van der Waals surface area contributed by atoms with Gasteiger partial charge in [-0.15, -0.1) is 5.10 Å². The number of ether oxygens (including phenoxy) is 1. The topological polar surface area (TPSA) is 105 Å². The lowest BCUT2D eigenvalue weighted by Crippen LogP contribution is -2.43. The Labute approximate surface area is 153 Å². The summed E-state index contributed by atoms with van der Waals surface area (Å²) in [5, 5.41) is 18.1. The highest BCUT2D eigenvalue weighted by molar-refractivity contribution is 5.80. The number of amides is 1. The summed E-state index contributed by atoms with van der Waals surface area (Å²) in [5.74, 6) is -1.40. The van der Waals surface area contributed by atoms with E-state index in [9.17, 15) is 18.0 Å². The number of rotatable bonds is 2. The second-order valence-electron chi connectivity index (χ2n) is 6.34. The zero-order chi connectivity index (χ0) is 20.2. The van der Waals surface area contributed by atoms with Gasteiger partial charge in [0.05, 0.1) is 11.8 Å². The van der Waals surface area contributed by atoms with Crippen LogP contribution in [-0.4, -0.2) is 65.7 Å². The van der Waals surface area contributed by atoms with Crippen LogP contribution in [0.2, 0.25) is 0 Å². The van der Waals surface area contributed by atoms with Crippen LogP contribution in [0.25, 0.3) is 0 Å². The van der Waals surface area contributed by atoms with E-state index >= 15 is 0 Å². The molecule has 3 heterocycles. The number of halogens is 3. The van der Waals surface area contributed by atoms with Crippen LogP contribution in [0.5, 0.6) is 0 Å². The first kappa shape index (κ1) is 20.9. The van der Waals surface area contributed by atoms with E-state index in [2.05, 4.69) is 20.4 Å². The normalized spacial score (nSPS) is 24.5. The van der Waals surface area contributed by atoms with Crippen molar-refractivity contribution in [1.82, 2.24) is 15.5 Å². The summed E-state index contributed by atoms with van der Waals surface area (Å²) < 4.78 is 37.6. The molecule has 0 bridgehead atoms. The fourth-order valence-electron chi connectivity index (χ4n) is 3.03. The van der Waals surface area contributed by atoms with Crippen molar-refractivity contribution in [2.75, 3.05) is 25.0 Å². The highest BCUT2D eigenvalue weighted by Gasteiger charge is 2.42. The Morgan fingerprint density at radius 1 is 1.33 bits per heavy atom. The molecule has 2 aliphatic rings. The van der Waals surface area contributed by atoms with Gasteiger partial charge in [-0.3, -0.25) is 4.79 Å². The minimum absolute atomic E-state index is 0.0129. The number of anilines is 1. The molecule has 0 spiro atoms. The molecule has 0 aromatic carbocycles. The van der Waals surface area contributed by atoms with Gasteiger partial charge in [-0.05, 0) is 37.8 Å². The van der Waals surface area contributed by atoms with Crippen LogP contribution in [0.1, 0.15) is 18.5 Å². The van der Waals surface area contributed by atoms with Crippen LogP contribution in [0.15, 0.2) is 12.1 Å². The number of fused-ring (bicyclic) bond motifs is 1. The maximum Gasteiger partial charge on any atom is 0.490 e. The van der Waals surface area contributed by atoms with Gasteiger partial charge in [-0.1, -0.05) is 0 Å². The lowest BCUT2D eigenvalue weighted by Gasteiger charge is -2.34. The molecule has 2 saturated heterocycles. The number of aliphatic carboxylic acids is 1. The summed E-state index contributed by atoms with van der Waals surface area (Å²) >= 11 is 0. The average molecular weight is 390 g/mol. The lowest BCUT2D eigenvalue weighted by atomic mass is 9.91. The van der Waals surface area contributed by atoms with Crippen molar-refractivity contribution in [3.05, 3.63) is 17.8 Å². The molecule has 11 heteroatoms. The minimum Gasteiger partial charge on any atom is -0.475 e. The van der Waals surface area contributed by atoms with Gasteiger partial charge >= 0.3 is 12.1 Å². The maximum absolute atomic E-state index is 11.7. The molecule has 8 nitrogen and oxygen atoms in total. The highest BCUT2D eigenvalue weighted by atomic mass is 19.4. The number of aromatic nitrogens is 2. The first-order valence-corrected chi connectivity index (χ1v) is 8.34. The number of alkyl halides is 3. The molecule has 0 aliphatic carbocycles. The molecule has 0 radical (unpaired) electrons. The molecular weight excluding hydrogens is 369 g/mol.